The van der Waals surface area contributed by atoms with Crippen LogP contribution >= 0.6 is 11.3 Å². The Morgan fingerprint density at radius 2 is 2.12 bits per heavy atom. The quantitative estimate of drug-likeness (QED) is 0.772. The molecule has 0 bridgehead atoms. The molecule has 0 radical (unpaired) electrons. The van der Waals surface area contributed by atoms with Crippen LogP contribution in [0.1, 0.15) is 44.2 Å². The molecule has 3 rings (SSSR count). The van der Waals surface area contributed by atoms with Gasteiger partial charge in [-0.3, -0.25) is 9.59 Å². The van der Waals surface area contributed by atoms with E-state index in [2.05, 4.69) is 0 Å². The van der Waals surface area contributed by atoms with E-state index in [1.165, 1.54) is 17.8 Å². The highest BCUT2D eigenvalue weighted by atomic mass is 32.1. The van der Waals surface area contributed by atoms with Crippen molar-refractivity contribution in [1.29, 1.82) is 0 Å². The third-order valence-corrected chi connectivity index (χ3v) is 5.99. The molecule has 2 aliphatic heterocycles. The fraction of sp³-hybridized carbons (Fsp3) is 0.778. The second-order valence-corrected chi connectivity index (χ2v) is 7.77. The Bertz CT molecular complexity index is 613. The normalized spacial score (nSPS) is 22.3. The van der Waals surface area contributed by atoms with E-state index in [-0.39, 0.29) is 23.0 Å². The molecule has 1 aromatic heterocycles. The average molecular weight is 368 g/mol. The fourth-order valence-corrected chi connectivity index (χ4v) is 4.26. The van der Waals surface area contributed by atoms with E-state index < -0.39 is 0 Å². The number of carbonyl (C=O) groups is 1. The van der Waals surface area contributed by atoms with Crippen molar-refractivity contribution >= 4 is 17.2 Å². The molecule has 3 heterocycles. The molecule has 0 aliphatic carbocycles. The monoisotopic (exact) mass is 368 g/mol. The van der Waals surface area contributed by atoms with Crippen LogP contribution in [0.2, 0.25) is 0 Å². The third-order valence-electron chi connectivity index (χ3n) is 5.11. The number of rotatable bonds is 6. The number of ether oxygens (including phenoxy) is 2. The maximum atomic E-state index is 12.4. The highest BCUT2D eigenvalue weighted by Crippen LogP contribution is 2.18. The molecular formula is C18H28N2O4S. The van der Waals surface area contributed by atoms with Gasteiger partial charge in [0.05, 0.1) is 18.8 Å². The lowest BCUT2D eigenvalue weighted by Crippen LogP contribution is -2.42. The fourth-order valence-electron chi connectivity index (χ4n) is 3.49. The summed E-state index contributed by atoms with van der Waals surface area (Å²) in [7, 11) is 0. The van der Waals surface area contributed by atoms with Crippen molar-refractivity contribution in [2.75, 3.05) is 26.3 Å². The largest absolute Gasteiger partial charge is 0.376 e. The summed E-state index contributed by atoms with van der Waals surface area (Å²) in [6, 6.07) is 0. The summed E-state index contributed by atoms with van der Waals surface area (Å²) in [6.07, 6.45) is 6.13. The molecule has 1 unspecified atom stereocenters. The van der Waals surface area contributed by atoms with Gasteiger partial charge in [-0.05, 0) is 39.0 Å². The van der Waals surface area contributed by atoms with Crippen molar-refractivity contribution in [2.45, 2.75) is 64.2 Å². The molecule has 1 aromatic rings. The topological polar surface area (TPSA) is 60.8 Å². The molecule has 1 amide bonds. The van der Waals surface area contributed by atoms with Crippen molar-refractivity contribution in [2.24, 2.45) is 0 Å². The van der Waals surface area contributed by atoms with Crippen molar-refractivity contribution in [3.63, 3.8) is 0 Å². The Labute approximate surface area is 152 Å². The Morgan fingerprint density at radius 3 is 2.76 bits per heavy atom. The molecular weight excluding hydrogens is 340 g/mol. The number of hydrogen-bond donors (Lipinski definition) is 0. The highest BCUT2D eigenvalue weighted by Gasteiger charge is 2.24. The first-order chi connectivity index (χ1) is 12.1. The minimum absolute atomic E-state index is 0.0161. The van der Waals surface area contributed by atoms with Crippen molar-refractivity contribution in [1.82, 2.24) is 9.47 Å². The lowest BCUT2D eigenvalue weighted by Gasteiger charge is -2.33. The summed E-state index contributed by atoms with van der Waals surface area (Å²) in [5, 5.41) is 1.84. The molecule has 0 spiro atoms. The van der Waals surface area contributed by atoms with E-state index in [9.17, 15) is 9.59 Å². The smallest absolute Gasteiger partial charge is 0.307 e. The zero-order valence-electron chi connectivity index (χ0n) is 14.9. The van der Waals surface area contributed by atoms with Gasteiger partial charge in [-0.25, -0.2) is 0 Å². The van der Waals surface area contributed by atoms with E-state index in [0.717, 1.165) is 51.1 Å². The number of likely N-dealkylation sites (tertiary alicyclic amines) is 1. The number of thiazole rings is 1. The number of nitrogens with zero attached hydrogens (tertiary/aromatic N) is 2. The van der Waals surface area contributed by atoms with E-state index in [1.807, 2.05) is 17.2 Å². The second-order valence-electron chi connectivity index (χ2n) is 6.95. The molecule has 1 atom stereocenters. The summed E-state index contributed by atoms with van der Waals surface area (Å²) in [6.45, 7) is 5.40. The zero-order valence-corrected chi connectivity index (χ0v) is 15.8. The minimum Gasteiger partial charge on any atom is -0.376 e. The summed E-state index contributed by atoms with van der Waals surface area (Å²) in [4.78, 5) is 26.0. The van der Waals surface area contributed by atoms with Crippen LogP contribution in [-0.2, 0) is 20.8 Å². The van der Waals surface area contributed by atoms with Gasteiger partial charge in [-0.1, -0.05) is 11.3 Å². The Balaban J connectivity index is 1.36. The van der Waals surface area contributed by atoms with Crippen LogP contribution in [-0.4, -0.2) is 53.9 Å². The first kappa shape index (κ1) is 18.6. The number of aryl methyl sites for hydroxylation is 1. The Kier molecular flexibility index (Phi) is 6.67. The van der Waals surface area contributed by atoms with Crippen molar-refractivity contribution in [3.05, 3.63) is 20.7 Å². The van der Waals surface area contributed by atoms with Crippen LogP contribution in [0.4, 0.5) is 0 Å². The third kappa shape index (κ3) is 5.15. The predicted octanol–water partition coefficient (Wildman–Crippen LogP) is 2.19. The van der Waals surface area contributed by atoms with Gasteiger partial charge >= 0.3 is 4.87 Å². The predicted molar refractivity (Wildman–Crippen MR) is 97.1 cm³/mol. The van der Waals surface area contributed by atoms with Crippen LogP contribution in [0, 0.1) is 6.92 Å². The Morgan fingerprint density at radius 1 is 1.32 bits per heavy atom. The van der Waals surface area contributed by atoms with Crippen LogP contribution < -0.4 is 4.87 Å². The molecule has 140 valence electrons. The van der Waals surface area contributed by atoms with E-state index >= 15 is 0 Å². The van der Waals surface area contributed by atoms with Gasteiger partial charge in [0, 0.05) is 43.7 Å². The van der Waals surface area contributed by atoms with Gasteiger partial charge in [0.15, 0.2) is 0 Å². The maximum Gasteiger partial charge on any atom is 0.307 e. The van der Waals surface area contributed by atoms with Gasteiger partial charge < -0.3 is 18.9 Å². The van der Waals surface area contributed by atoms with Gasteiger partial charge in [-0.2, -0.15) is 0 Å². The van der Waals surface area contributed by atoms with E-state index in [1.54, 1.807) is 4.57 Å². The van der Waals surface area contributed by atoms with E-state index in [0.29, 0.717) is 19.6 Å². The number of carbonyl (C=O) groups excluding carboxylic acids is 1. The zero-order chi connectivity index (χ0) is 17.6. The molecule has 0 N–H and O–H groups in total. The standard InChI is InChI=1S/C18H28N2O4S/c1-14-13-25-18(22)20(14)10-7-17(21)19-8-5-15(6-9-19)24-12-16-4-2-3-11-23-16/h13,15-16H,2-12H2,1H3. The summed E-state index contributed by atoms with van der Waals surface area (Å²) < 4.78 is 13.4. The maximum absolute atomic E-state index is 12.4. The van der Waals surface area contributed by atoms with Gasteiger partial charge in [0.25, 0.3) is 0 Å². The van der Waals surface area contributed by atoms with Gasteiger partial charge in [0.1, 0.15) is 0 Å². The molecule has 2 fully saturated rings. The molecule has 0 aromatic carbocycles. The lowest BCUT2D eigenvalue weighted by atomic mass is 10.1. The van der Waals surface area contributed by atoms with Gasteiger partial charge in [0.2, 0.25) is 5.91 Å². The van der Waals surface area contributed by atoms with Crippen molar-refractivity contribution in [3.8, 4) is 0 Å². The summed E-state index contributed by atoms with van der Waals surface area (Å²) >= 11 is 1.19. The highest BCUT2D eigenvalue weighted by molar-refractivity contribution is 7.07. The molecule has 25 heavy (non-hydrogen) atoms. The molecule has 6 nitrogen and oxygen atoms in total. The number of piperidine rings is 1. The molecule has 7 heteroatoms. The SMILES string of the molecule is Cc1csc(=O)n1CCC(=O)N1CCC(OCC2CCCCO2)CC1. The summed E-state index contributed by atoms with van der Waals surface area (Å²) in [5.74, 6) is 0.131. The first-order valence-corrected chi connectivity index (χ1v) is 10.2. The average Bonchev–Trinajstić information content (AvgIpc) is 2.97. The number of amides is 1. The number of hydrogen-bond acceptors (Lipinski definition) is 5. The molecule has 0 saturated carbocycles. The Hall–Kier alpha value is -1.18. The molecule has 2 saturated heterocycles. The van der Waals surface area contributed by atoms with Crippen molar-refractivity contribution < 1.29 is 14.3 Å². The van der Waals surface area contributed by atoms with Crippen LogP contribution in [0.5, 0.6) is 0 Å². The minimum atomic E-state index is 0.0161. The number of aromatic nitrogens is 1. The van der Waals surface area contributed by atoms with Crippen LogP contribution in [0.3, 0.4) is 0 Å². The summed E-state index contributed by atoms with van der Waals surface area (Å²) in [5.41, 5.74) is 0.930. The lowest BCUT2D eigenvalue weighted by molar-refractivity contribution is -0.135. The van der Waals surface area contributed by atoms with E-state index in [4.69, 9.17) is 9.47 Å². The molecule has 2 aliphatic rings. The first-order valence-electron chi connectivity index (χ1n) is 9.29. The van der Waals surface area contributed by atoms with Gasteiger partial charge in [-0.15, -0.1) is 0 Å². The van der Waals surface area contributed by atoms with Crippen LogP contribution in [0.15, 0.2) is 10.2 Å². The van der Waals surface area contributed by atoms with Crippen LogP contribution in [0.25, 0.3) is 0 Å². The second kappa shape index (κ2) is 8.96.